The molecule has 1 atom stereocenters. The summed E-state index contributed by atoms with van der Waals surface area (Å²) in [5, 5.41) is 2.88. The zero-order chi connectivity index (χ0) is 18.7. The van der Waals surface area contributed by atoms with Crippen molar-refractivity contribution in [2.75, 3.05) is 25.7 Å². The molecule has 0 spiro atoms. The Morgan fingerprint density at radius 2 is 2.08 bits per heavy atom. The van der Waals surface area contributed by atoms with Crippen molar-refractivity contribution in [1.29, 1.82) is 0 Å². The minimum absolute atomic E-state index is 0.0340. The van der Waals surface area contributed by atoms with Crippen molar-refractivity contribution in [3.05, 3.63) is 34.7 Å². The first-order chi connectivity index (χ1) is 12.4. The maximum Gasteiger partial charge on any atom is 0.223 e. The fraction of sp³-hybridized carbons (Fsp3) is 0.444. The number of nitrogens with zero attached hydrogens (tertiary/aromatic N) is 2. The highest BCUT2D eigenvalue weighted by Crippen LogP contribution is 2.25. The van der Waals surface area contributed by atoms with Crippen LogP contribution < -0.4 is 4.74 Å². The lowest BCUT2D eigenvalue weighted by Gasteiger charge is -2.23. The Labute approximate surface area is 157 Å². The van der Waals surface area contributed by atoms with Gasteiger partial charge in [0.1, 0.15) is 5.75 Å². The van der Waals surface area contributed by atoms with E-state index in [0.29, 0.717) is 19.3 Å². The normalized spacial score (nSPS) is 18.6. The third kappa shape index (κ3) is 4.42. The first-order valence-electron chi connectivity index (χ1n) is 8.43. The van der Waals surface area contributed by atoms with E-state index in [0.717, 1.165) is 22.0 Å². The molecule has 1 aromatic carbocycles. The summed E-state index contributed by atoms with van der Waals surface area (Å²) in [6, 6.07) is 7.50. The smallest absolute Gasteiger partial charge is 0.223 e. The summed E-state index contributed by atoms with van der Waals surface area (Å²) in [7, 11) is 0.336. The minimum Gasteiger partial charge on any atom is -0.497 e. The Bertz CT molecular complexity index is 875. The number of ether oxygens (including phenoxy) is 1. The van der Waals surface area contributed by atoms with Gasteiger partial charge in [0.15, 0.2) is 9.84 Å². The number of aryl methyl sites for hydroxylation is 1. The number of thiazole rings is 1. The first-order valence-corrected chi connectivity index (χ1v) is 11.1. The molecular formula is C18H22N2O4S2. The second-order valence-electron chi connectivity index (χ2n) is 6.42. The van der Waals surface area contributed by atoms with E-state index in [1.165, 1.54) is 11.3 Å². The van der Waals surface area contributed by atoms with Crippen molar-refractivity contribution in [2.24, 2.45) is 0 Å². The van der Waals surface area contributed by atoms with Gasteiger partial charge in [-0.3, -0.25) is 4.79 Å². The molecule has 1 aliphatic rings. The topological polar surface area (TPSA) is 76.6 Å². The van der Waals surface area contributed by atoms with E-state index in [9.17, 15) is 13.2 Å². The van der Waals surface area contributed by atoms with Crippen molar-refractivity contribution < 1.29 is 17.9 Å². The van der Waals surface area contributed by atoms with E-state index in [-0.39, 0.29) is 23.5 Å². The highest BCUT2D eigenvalue weighted by atomic mass is 32.2. The summed E-state index contributed by atoms with van der Waals surface area (Å²) in [4.78, 5) is 18.5. The summed E-state index contributed by atoms with van der Waals surface area (Å²) in [6.07, 6.45) is 1.43. The van der Waals surface area contributed by atoms with E-state index < -0.39 is 9.84 Å². The van der Waals surface area contributed by atoms with Gasteiger partial charge in [-0.25, -0.2) is 13.4 Å². The van der Waals surface area contributed by atoms with Crippen LogP contribution in [0.4, 0.5) is 0 Å². The molecule has 1 saturated heterocycles. The Balaban J connectivity index is 1.56. The number of carbonyl (C=O) groups excluding carboxylic acids is 1. The minimum atomic E-state index is -2.99. The van der Waals surface area contributed by atoms with Crippen LogP contribution >= 0.6 is 11.3 Å². The van der Waals surface area contributed by atoms with Gasteiger partial charge in [0.05, 0.1) is 29.3 Å². The van der Waals surface area contributed by atoms with Crippen molar-refractivity contribution >= 4 is 27.1 Å². The SMILES string of the molecule is COc1ccc(-c2csc(CCC(=O)N(C)C3CCS(=O)(=O)C3)n2)cc1. The molecule has 1 unspecified atom stereocenters. The Morgan fingerprint density at radius 3 is 2.69 bits per heavy atom. The van der Waals surface area contributed by atoms with Crippen LogP contribution in [-0.4, -0.2) is 55.9 Å². The Hall–Kier alpha value is -1.93. The summed E-state index contributed by atoms with van der Waals surface area (Å²) in [6.45, 7) is 0. The lowest BCUT2D eigenvalue weighted by Crippen LogP contribution is -2.37. The molecule has 1 aliphatic heterocycles. The zero-order valence-electron chi connectivity index (χ0n) is 14.8. The Morgan fingerprint density at radius 1 is 1.35 bits per heavy atom. The van der Waals surface area contributed by atoms with Crippen LogP contribution in [0.5, 0.6) is 5.75 Å². The predicted octanol–water partition coefficient (Wildman–Crippen LogP) is 2.40. The summed E-state index contributed by atoms with van der Waals surface area (Å²) in [5.41, 5.74) is 1.89. The molecule has 0 radical (unpaired) electrons. The van der Waals surface area contributed by atoms with Crippen LogP contribution in [0, 0.1) is 0 Å². The average molecular weight is 395 g/mol. The molecule has 1 aromatic heterocycles. The molecule has 1 fully saturated rings. The summed E-state index contributed by atoms with van der Waals surface area (Å²) >= 11 is 1.53. The number of amides is 1. The lowest BCUT2D eigenvalue weighted by molar-refractivity contribution is -0.131. The molecule has 0 bridgehead atoms. The molecule has 2 aromatic rings. The molecule has 140 valence electrons. The highest BCUT2D eigenvalue weighted by Gasteiger charge is 2.32. The van der Waals surface area contributed by atoms with Gasteiger partial charge in [0.25, 0.3) is 0 Å². The molecule has 8 heteroatoms. The van der Waals surface area contributed by atoms with Gasteiger partial charge in [-0.2, -0.15) is 0 Å². The van der Waals surface area contributed by atoms with Crippen molar-refractivity contribution in [1.82, 2.24) is 9.88 Å². The van der Waals surface area contributed by atoms with Crippen molar-refractivity contribution in [3.63, 3.8) is 0 Å². The van der Waals surface area contributed by atoms with Crippen LogP contribution in [0.1, 0.15) is 17.8 Å². The summed E-state index contributed by atoms with van der Waals surface area (Å²) < 4.78 is 28.3. The van der Waals surface area contributed by atoms with Gasteiger partial charge in [0, 0.05) is 36.9 Å². The molecule has 1 amide bonds. The second kappa shape index (κ2) is 7.75. The van der Waals surface area contributed by atoms with Crippen LogP contribution in [0.25, 0.3) is 11.3 Å². The van der Waals surface area contributed by atoms with Crippen LogP contribution in [0.3, 0.4) is 0 Å². The van der Waals surface area contributed by atoms with Crippen LogP contribution in [-0.2, 0) is 21.1 Å². The standard InChI is InChI=1S/C18H22N2O4S2/c1-20(14-9-10-26(22,23)12-14)18(21)8-7-17-19-16(11-25-17)13-3-5-15(24-2)6-4-13/h3-6,11,14H,7-10,12H2,1-2H3. The number of rotatable bonds is 6. The predicted molar refractivity (Wildman–Crippen MR) is 102 cm³/mol. The largest absolute Gasteiger partial charge is 0.497 e. The number of hydrogen-bond donors (Lipinski definition) is 0. The average Bonchev–Trinajstić information content (AvgIpc) is 3.25. The molecule has 3 rings (SSSR count). The molecule has 0 N–H and O–H groups in total. The number of sulfone groups is 1. The number of carbonyl (C=O) groups is 1. The molecule has 6 nitrogen and oxygen atoms in total. The fourth-order valence-corrected chi connectivity index (χ4v) is 5.58. The van der Waals surface area contributed by atoms with E-state index in [1.807, 2.05) is 29.6 Å². The van der Waals surface area contributed by atoms with Gasteiger partial charge in [-0.15, -0.1) is 11.3 Å². The van der Waals surface area contributed by atoms with Crippen molar-refractivity contribution in [3.8, 4) is 17.0 Å². The molecule has 26 heavy (non-hydrogen) atoms. The third-order valence-electron chi connectivity index (χ3n) is 4.64. The van der Waals surface area contributed by atoms with E-state index >= 15 is 0 Å². The van der Waals surface area contributed by atoms with E-state index in [1.54, 1.807) is 19.1 Å². The number of methoxy groups -OCH3 is 1. The van der Waals surface area contributed by atoms with Gasteiger partial charge in [0.2, 0.25) is 5.91 Å². The van der Waals surface area contributed by atoms with Gasteiger partial charge >= 0.3 is 0 Å². The third-order valence-corrected chi connectivity index (χ3v) is 7.30. The lowest BCUT2D eigenvalue weighted by atomic mass is 10.1. The fourth-order valence-electron chi connectivity index (χ4n) is 2.99. The molecule has 0 aliphatic carbocycles. The van der Waals surface area contributed by atoms with Crippen LogP contribution in [0.2, 0.25) is 0 Å². The zero-order valence-corrected chi connectivity index (χ0v) is 16.5. The number of hydrogen-bond acceptors (Lipinski definition) is 6. The van der Waals surface area contributed by atoms with Crippen LogP contribution in [0.15, 0.2) is 29.6 Å². The monoisotopic (exact) mass is 394 g/mol. The molecular weight excluding hydrogens is 372 g/mol. The highest BCUT2D eigenvalue weighted by molar-refractivity contribution is 7.91. The number of aromatic nitrogens is 1. The van der Waals surface area contributed by atoms with E-state index in [4.69, 9.17) is 4.74 Å². The van der Waals surface area contributed by atoms with Gasteiger partial charge in [-0.05, 0) is 30.7 Å². The Kier molecular flexibility index (Phi) is 5.62. The summed E-state index contributed by atoms with van der Waals surface area (Å²) in [5.74, 6) is 1.02. The number of benzene rings is 1. The van der Waals surface area contributed by atoms with Crippen molar-refractivity contribution in [2.45, 2.75) is 25.3 Å². The quantitative estimate of drug-likeness (QED) is 0.752. The second-order valence-corrected chi connectivity index (χ2v) is 9.59. The maximum absolute atomic E-state index is 12.4. The van der Waals surface area contributed by atoms with E-state index in [2.05, 4.69) is 4.98 Å². The maximum atomic E-state index is 12.4. The van der Waals surface area contributed by atoms with Gasteiger partial charge < -0.3 is 9.64 Å². The first kappa shape index (κ1) is 18.8. The molecule has 0 saturated carbocycles. The van der Waals surface area contributed by atoms with Gasteiger partial charge in [-0.1, -0.05) is 0 Å². The molecule has 2 heterocycles.